The Morgan fingerprint density at radius 2 is 1.74 bits per heavy atom. The summed E-state index contributed by atoms with van der Waals surface area (Å²) in [6, 6.07) is 9.84. The topological polar surface area (TPSA) is 62.3 Å². The van der Waals surface area contributed by atoms with Gasteiger partial charge in [-0.3, -0.25) is 0 Å². The third-order valence-corrected chi connectivity index (χ3v) is 5.16. The number of nitrogens with zero attached hydrogens (tertiary/aromatic N) is 2. The second kappa shape index (κ2) is 7.77. The van der Waals surface area contributed by atoms with E-state index in [-0.39, 0.29) is 11.4 Å². The lowest BCUT2D eigenvalue weighted by atomic mass is 10.3. The third-order valence-electron chi connectivity index (χ3n) is 3.49. The van der Waals surface area contributed by atoms with Gasteiger partial charge in [0.25, 0.3) is 0 Å². The van der Waals surface area contributed by atoms with E-state index in [0.29, 0.717) is 5.02 Å². The third kappa shape index (κ3) is 4.67. The van der Waals surface area contributed by atoms with Crippen LogP contribution < -0.4 is 9.62 Å². The number of hydrogen-bond acceptors (Lipinski definition) is 4. The fourth-order valence-corrected chi connectivity index (χ4v) is 3.28. The molecule has 5 nitrogen and oxygen atoms in total. The largest absolute Gasteiger partial charge is 0.357 e. The van der Waals surface area contributed by atoms with E-state index in [2.05, 4.69) is 28.5 Å². The molecule has 0 amide bonds. The Kier molecular flexibility index (Phi) is 5.98. The summed E-state index contributed by atoms with van der Waals surface area (Å²) in [5.41, 5.74) is 0.804. The van der Waals surface area contributed by atoms with Gasteiger partial charge in [-0.25, -0.2) is 18.1 Å². The minimum absolute atomic E-state index is 0.189. The predicted octanol–water partition coefficient (Wildman–Crippen LogP) is 3.06. The summed E-state index contributed by atoms with van der Waals surface area (Å²) >= 11 is 5.77. The highest BCUT2D eigenvalue weighted by molar-refractivity contribution is 7.89. The van der Waals surface area contributed by atoms with Gasteiger partial charge in [0.15, 0.2) is 0 Å². The summed E-state index contributed by atoms with van der Waals surface area (Å²) in [7, 11) is -3.56. The minimum Gasteiger partial charge on any atom is -0.357 e. The first-order chi connectivity index (χ1) is 11.0. The number of hydrogen-bond donors (Lipinski definition) is 1. The number of sulfonamides is 1. The van der Waals surface area contributed by atoms with Crippen molar-refractivity contribution in [1.82, 2.24) is 9.71 Å². The van der Waals surface area contributed by atoms with Gasteiger partial charge in [-0.1, -0.05) is 17.7 Å². The molecule has 0 radical (unpaired) electrons. The van der Waals surface area contributed by atoms with Gasteiger partial charge < -0.3 is 4.90 Å². The molecule has 2 rings (SSSR count). The summed E-state index contributed by atoms with van der Waals surface area (Å²) < 4.78 is 27.0. The van der Waals surface area contributed by atoms with Gasteiger partial charge in [0.05, 0.1) is 4.90 Å². The van der Waals surface area contributed by atoms with Crippen molar-refractivity contribution in [2.75, 3.05) is 18.0 Å². The average molecular weight is 354 g/mol. The predicted molar refractivity (Wildman–Crippen MR) is 93.3 cm³/mol. The Hall–Kier alpha value is -1.63. The highest BCUT2D eigenvalue weighted by atomic mass is 35.5. The molecule has 1 heterocycles. The minimum atomic E-state index is -3.56. The molecule has 1 N–H and O–H groups in total. The van der Waals surface area contributed by atoms with E-state index in [0.717, 1.165) is 24.5 Å². The van der Waals surface area contributed by atoms with Crippen molar-refractivity contribution in [1.29, 1.82) is 0 Å². The lowest BCUT2D eigenvalue weighted by Gasteiger charge is -2.19. The van der Waals surface area contributed by atoms with E-state index < -0.39 is 10.0 Å². The molecule has 0 saturated carbocycles. The van der Waals surface area contributed by atoms with Crippen LogP contribution in [0, 0.1) is 0 Å². The molecular formula is C16H20ClN3O2S. The summed E-state index contributed by atoms with van der Waals surface area (Å²) in [5, 5.41) is 0.500. The van der Waals surface area contributed by atoms with Crippen molar-refractivity contribution in [3.63, 3.8) is 0 Å². The molecule has 0 spiro atoms. The van der Waals surface area contributed by atoms with E-state index in [1.54, 1.807) is 18.3 Å². The summed E-state index contributed by atoms with van der Waals surface area (Å²) in [6.07, 6.45) is 1.69. The number of rotatable bonds is 7. The van der Waals surface area contributed by atoms with Crippen molar-refractivity contribution < 1.29 is 8.42 Å². The summed E-state index contributed by atoms with van der Waals surface area (Å²) in [5.74, 6) is 0.888. The van der Waals surface area contributed by atoms with Crippen LogP contribution in [-0.4, -0.2) is 26.5 Å². The average Bonchev–Trinajstić information content (AvgIpc) is 2.56. The Balaban J connectivity index is 2.04. The van der Waals surface area contributed by atoms with Crippen LogP contribution in [0.1, 0.15) is 19.4 Å². The van der Waals surface area contributed by atoms with Gasteiger partial charge in [0, 0.05) is 30.9 Å². The van der Waals surface area contributed by atoms with Crippen molar-refractivity contribution in [2.24, 2.45) is 0 Å². The molecule has 0 aliphatic carbocycles. The van der Waals surface area contributed by atoms with Crippen molar-refractivity contribution in [3.05, 3.63) is 53.2 Å². The van der Waals surface area contributed by atoms with Crippen molar-refractivity contribution in [2.45, 2.75) is 25.3 Å². The maximum Gasteiger partial charge on any atom is 0.240 e. The van der Waals surface area contributed by atoms with Gasteiger partial charge in [-0.2, -0.15) is 0 Å². The first-order valence-corrected chi connectivity index (χ1v) is 9.27. The van der Waals surface area contributed by atoms with E-state index in [4.69, 9.17) is 11.6 Å². The van der Waals surface area contributed by atoms with E-state index in [9.17, 15) is 8.42 Å². The molecule has 0 saturated heterocycles. The second-order valence-corrected chi connectivity index (χ2v) is 7.18. The maximum absolute atomic E-state index is 12.2. The standard InChI is InChI=1S/C16H20ClN3O2S/c1-3-20(4-2)16-10-5-13(11-18-16)12-19-23(21,22)15-8-6-14(17)7-9-15/h5-11,19H,3-4,12H2,1-2H3. The molecule has 0 unspecified atom stereocenters. The first-order valence-electron chi connectivity index (χ1n) is 7.41. The SMILES string of the molecule is CCN(CC)c1ccc(CNS(=O)(=O)c2ccc(Cl)cc2)cn1. The zero-order valence-corrected chi connectivity index (χ0v) is 14.7. The lowest BCUT2D eigenvalue weighted by Crippen LogP contribution is -2.24. The van der Waals surface area contributed by atoms with Crippen molar-refractivity contribution in [3.8, 4) is 0 Å². The van der Waals surface area contributed by atoms with Crippen LogP contribution in [-0.2, 0) is 16.6 Å². The van der Waals surface area contributed by atoms with Gasteiger partial charge in [-0.05, 0) is 49.7 Å². The Morgan fingerprint density at radius 3 is 2.26 bits per heavy atom. The summed E-state index contributed by atoms with van der Waals surface area (Å²) in [6.45, 7) is 6.09. The van der Waals surface area contributed by atoms with Crippen LogP contribution in [0.3, 0.4) is 0 Å². The number of aromatic nitrogens is 1. The number of benzene rings is 1. The monoisotopic (exact) mass is 353 g/mol. The molecule has 124 valence electrons. The molecule has 0 fully saturated rings. The van der Waals surface area contributed by atoms with Gasteiger partial charge in [0.2, 0.25) is 10.0 Å². The molecule has 23 heavy (non-hydrogen) atoms. The zero-order chi connectivity index (χ0) is 16.9. The molecule has 0 aliphatic rings. The van der Waals surface area contributed by atoms with E-state index in [1.165, 1.54) is 12.1 Å². The van der Waals surface area contributed by atoms with Crippen LogP contribution in [0.15, 0.2) is 47.5 Å². The Labute approximate surface area is 142 Å². The molecule has 1 aromatic carbocycles. The quantitative estimate of drug-likeness (QED) is 0.831. The van der Waals surface area contributed by atoms with Crippen molar-refractivity contribution >= 4 is 27.4 Å². The first kappa shape index (κ1) is 17.7. The van der Waals surface area contributed by atoms with Crippen LogP contribution in [0.2, 0.25) is 5.02 Å². The Bertz CT molecular complexity index is 727. The molecule has 1 aromatic heterocycles. The fraction of sp³-hybridized carbons (Fsp3) is 0.312. The smallest absolute Gasteiger partial charge is 0.240 e. The van der Waals surface area contributed by atoms with Gasteiger partial charge in [-0.15, -0.1) is 0 Å². The van der Waals surface area contributed by atoms with Crippen LogP contribution in [0.5, 0.6) is 0 Å². The number of pyridine rings is 1. The molecule has 7 heteroatoms. The molecule has 2 aromatic rings. The maximum atomic E-state index is 12.2. The van der Waals surface area contributed by atoms with Gasteiger partial charge >= 0.3 is 0 Å². The second-order valence-electron chi connectivity index (χ2n) is 4.98. The molecule has 0 atom stereocenters. The van der Waals surface area contributed by atoms with E-state index >= 15 is 0 Å². The number of anilines is 1. The van der Waals surface area contributed by atoms with Crippen LogP contribution in [0.4, 0.5) is 5.82 Å². The van der Waals surface area contributed by atoms with Crippen LogP contribution in [0.25, 0.3) is 0 Å². The normalized spacial score (nSPS) is 11.4. The van der Waals surface area contributed by atoms with Crippen LogP contribution >= 0.6 is 11.6 Å². The highest BCUT2D eigenvalue weighted by Gasteiger charge is 2.13. The lowest BCUT2D eigenvalue weighted by molar-refractivity contribution is 0.581. The Morgan fingerprint density at radius 1 is 1.09 bits per heavy atom. The van der Waals surface area contributed by atoms with E-state index in [1.807, 2.05) is 12.1 Å². The molecule has 0 aliphatic heterocycles. The summed E-state index contributed by atoms with van der Waals surface area (Å²) in [4.78, 5) is 6.70. The highest BCUT2D eigenvalue weighted by Crippen LogP contribution is 2.15. The fourth-order valence-electron chi connectivity index (χ4n) is 2.13. The zero-order valence-electron chi connectivity index (χ0n) is 13.2. The number of halogens is 1. The number of nitrogens with one attached hydrogen (secondary N) is 1. The molecular weight excluding hydrogens is 334 g/mol. The van der Waals surface area contributed by atoms with Gasteiger partial charge in [0.1, 0.15) is 5.82 Å². The molecule has 0 bridgehead atoms.